The van der Waals surface area contributed by atoms with Crippen molar-refractivity contribution in [1.82, 2.24) is 14.5 Å². The van der Waals surface area contributed by atoms with Crippen LogP contribution in [0, 0.1) is 6.92 Å². The third kappa shape index (κ3) is 4.38. The number of nitrogens with zero attached hydrogens (tertiary/aromatic N) is 3. The Morgan fingerprint density at radius 1 is 0.490 bits per heavy atom. The van der Waals surface area contributed by atoms with Gasteiger partial charge in [0.25, 0.3) is 0 Å². The minimum absolute atomic E-state index is 0.752. The van der Waals surface area contributed by atoms with E-state index >= 15 is 0 Å². The zero-order valence-corrected chi connectivity index (χ0v) is 26.8. The highest BCUT2D eigenvalue weighted by Gasteiger charge is 2.22. The van der Waals surface area contributed by atoms with Crippen LogP contribution in [0.5, 0.6) is 11.5 Å². The molecule has 0 saturated carbocycles. The molecule has 0 atom stereocenters. The summed E-state index contributed by atoms with van der Waals surface area (Å²) in [5.41, 5.74) is 12.4. The van der Waals surface area contributed by atoms with Crippen molar-refractivity contribution in [3.05, 3.63) is 164 Å². The number of benzene rings is 6. The lowest BCUT2D eigenvalue weighted by atomic mass is 9.94. The van der Waals surface area contributed by atoms with Gasteiger partial charge in [-0.1, -0.05) is 97.1 Å². The van der Waals surface area contributed by atoms with Crippen LogP contribution in [0.3, 0.4) is 0 Å². The van der Waals surface area contributed by atoms with Crippen molar-refractivity contribution < 1.29 is 4.74 Å². The van der Waals surface area contributed by atoms with Crippen LogP contribution < -0.4 is 4.74 Å². The zero-order chi connectivity index (χ0) is 32.5. The number of aryl methyl sites for hydroxylation is 1. The molecule has 49 heavy (non-hydrogen) atoms. The van der Waals surface area contributed by atoms with Crippen molar-refractivity contribution in [1.29, 1.82) is 0 Å². The summed E-state index contributed by atoms with van der Waals surface area (Å²) in [6.07, 6.45) is 3.95. The fourth-order valence-electron chi connectivity index (χ4n) is 7.50. The fraction of sp³-hybridized carbons (Fsp3) is 0.0222. The molecule has 0 N–H and O–H groups in total. The molecule has 6 aromatic carbocycles. The molecule has 0 fully saturated rings. The minimum atomic E-state index is 0.752. The topological polar surface area (TPSA) is 39.9 Å². The highest BCUT2D eigenvalue weighted by Crippen LogP contribution is 2.48. The summed E-state index contributed by atoms with van der Waals surface area (Å²) in [4.78, 5) is 9.80. The Balaban J connectivity index is 1.06. The summed E-state index contributed by atoms with van der Waals surface area (Å²) in [6.45, 7) is 2.06. The van der Waals surface area contributed by atoms with Gasteiger partial charge in [-0.25, -0.2) is 4.98 Å². The van der Waals surface area contributed by atoms with Crippen LogP contribution in [0.4, 0.5) is 0 Å². The predicted molar refractivity (Wildman–Crippen MR) is 200 cm³/mol. The highest BCUT2D eigenvalue weighted by molar-refractivity contribution is 6.13. The van der Waals surface area contributed by atoms with E-state index in [-0.39, 0.29) is 0 Å². The van der Waals surface area contributed by atoms with Crippen LogP contribution >= 0.6 is 0 Å². The van der Waals surface area contributed by atoms with E-state index in [0.29, 0.717) is 0 Å². The van der Waals surface area contributed by atoms with Crippen LogP contribution in [-0.4, -0.2) is 14.5 Å². The number of aromatic nitrogens is 3. The smallest absolute Gasteiger partial charge is 0.137 e. The van der Waals surface area contributed by atoms with Crippen molar-refractivity contribution in [2.45, 2.75) is 6.92 Å². The summed E-state index contributed by atoms with van der Waals surface area (Å²) in [7, 11) is 0. The van der Waals surface area contributed by atoms with Crippen molar-refractivity contribution in [2.75, 3.05) is 0 Å². The highest BCUT2D eigenvalue weighted by atomic mass is 16.5. The monoisotopic (exact) mass is 627 g/mol. The summed E-state index contributed by atoms with van der Waals surface area (Å²) in [6, 6.07) is 51.2. The number of pyridine rings is 2. The molecule has 4 nitrogen and oxygen atoms in total. The van der Waals surface area contributed by atoms with Crippen LogP contribution in [0.25, 0.3) is 83.0 Å². The molecule has 10 rings (SSSR count). The van der Waals surface area contributed by atoms with E-state index in [9.17, 15) is 0 Å². The summed E-state index contributed by atoms with van der Waals surface area (Å²) >= 11 is 0. The van der Waals surface area contributed by atoms with Gasteiger partial charge in [-0.05, 0) is 93.5 Å². The number of hydrogen-bond donors (Lipinski definition) is 0. The molecule has 3 aromatic heterocycles. The Hall–Kier alpha value is -6.52. The Morgan fingerprint density at radius 3 is 2.04 bits per heavy atom. The summed E-state index contributed by atoms with van der Waals surface area (Å²) < 4.78 is 8.77. The maximum Gasteiger partial charge on any atom is 0.137 e. The van der Waals surface area contributed by atoms with Gasteiger partial charge < -0.3 is 4.74 Å². The molecule has 0 bridgehead atoms. The minimum Gasteiger partial charge on any atom is -0.457 e. The molecule has 230 valence electrons. The van der Waals surface area contributed by atoms with Gasteiger partial charge in [0.2, 0.25) is 0 Å². The Kier molecular flexibility index (Phi) is 6.06. The quantitative estimate of drug-likeness (QED) is 0.195. The lowest BCUT2D eigenvalue weighted by Gasteiger charge is -2.13. The molecule has 0 aliphatic heterocycles. The molecule has 3 heterocycles. The van der Waals surface area contributed by atoms with E-state index in [1.165, 1.54) is 44.0 Å². The molecular formula is C45H29N3O. The van der Waals surface area contributed by atoms with E-state index in [1.54, 1.807) is 0 Å². The second kappa shape index (κ2) is 10.8. The van der Waals surface area contributed by atoms with Gasteiger partial charge in [-0.2, -0.15) is 0 Å². The first-order chi connectivity index (χ1) is 24.2. The maximum atomic E-state index is 6.56. The molecule has 4 heteroatoms. The molecule has 0 radical (unpaired) electrons. The van der Waals surface area contributed by atoms with Gasteiger partial charge >= 0.3 is 0 Å². The lowest BCUT2D eigenvalue weighted by molar-refractivity contribution is 0.483. The number of rotatable bonds is 4. The SMILES string of the molecule is Cc1ccc(-n2c3ccccc3c3ccc(Oc4cccc(-c5cc6c(cn5)-c5cccc7cccc(c57)-c5ccccc5-6)c4)cc32)nc1. The Bertz CT molecular complexity index is 2750. The van der Waals surface area contributed by atoms with Crippen LogP contribution in [0.1, 0.15) is 5.56 Å². The van der Waals surface area contributed by atoms with E-state index < -0.39 is 0 Å². The van der Waals surface area contributed by atoms with Crippen molar-refractivity contribution in [2.24, 2.45) is 0 Å². The molecule has 1 aliphatic rings. The van der Waals surface area contributed by atoms with Crippen LogP contribution in [0.15, 0.2) is 158 Å². The molecule has 0 spiro atoms. The predicted octanol–water partition coefficient (Wildman–Crippen LogP) is 11.8. The molecule has 0 amide bonds. The molecule has 0 unspecified atom stereocenters. The third-order valence-corrected chi connectivity index (χ3v) is 9.74. The van der Waals surface area contributed by atoms with E-state index in [2.05, 4.69) is 139 Å². The standard InChI is InChI=1S/C45H29N3O/c1-28-19-22-44(47-26-28)48-42-18-5-4-15-35(42)36-21-20-32(24-43(36)48)49-31-12-6-11-30(23-31)41-25-39-34-14-3-2-13-33(34)37-16-7-9-29-10-8-17-38(45(29)37)40(39)27-46-41/h2-27H,1H3. The van der Waals surface area contributed by atoms with Crippen LogP contribution in [-0.2, 0) is 0 Å². The summed E-state index contributed by atoms with van der Waals surface area (Å²) in [5, 5.41) is 4.85. The third-order valence-electron chi connectivity index (χ3n) is 9.74. The zero-order valence-electron chi connectivity index (χ0n) is 26.8. The van der Waals surface area contributed by atoms with Crippen LogP contribution in [0.2, 0.25) is 0 Å². The van der Waals surface area contributed by atoms with E-state index in [4.69, 9.17) is 14.7 Å². The van der Waals surface area contributed by atoms with Gasteiger partial charge in [-0.15, -0.1) is 0 Å². The van der Waals surface area contributed by atoms with Gasteiger partial charge in [0.1, 0.15) is 17.3 Å². The van der Waals surface area contributed by atoms with E-state index in [1.807, 2.05) is 30.6 Å². The molecule has 9 aromatic rings. The second-order valence-corrected chi connectivity index (χ2v) is 12.7. The Morgan fingerprint density at radius 2 is 1.20 bits per heavy atom. The van der Waals surface area contributed by atoms with Gasteiger partial charge in [0.15, 0.2) is 0 Å². The Labute approximate surface area is 283 Å². The summed E-state index contributed by atoms with van der Waals surface area (Å²) in [5.74, 6) is 2.39. The first-order valence-corrected chi connectivity index (χ1v) is 16.6. The lowest BCUT2D eigenvalue weighted by Crippen LogP contribution is -1.97. The average molecular weight is 628 g/mol. The number of hydrogen-bond acceptors (Lipinski definition) is 3. The van der Waals surface area contributed by atoms with E-state index in [0.717, 1.165) is 56.1 Å². The first kappa shape index (κ1) is 27.6. The number of ether oxygens (including phenoxy) is 1. The maximum absolute atomic E-state index is 6.56. The molecular weight excluding hydrogens is 599 g/mol. The molecule has 0 saturated heterocycles. The van der Waals surface area contributed by atoms with Crippen molar-refractivity contribution in [3.63, 3.8) is 0 Å². The van der Waals surface area contributed by atoms with Gasteiger partial charge in [0, 0.05) is 40.4 Å². The molecule has 1 aliphatic carbocycles. The fourth-order valence-corrected chi connectivity index (χ4v) is 7.50. The van der Waals surface area contributed by atoms with Crippen molar-refractivity contribution in [3.8, 4) is 62.0 Å². The van der Waals surface area contributed by atoms with Gasteiger partial charge in [0.05, 0.1) is 16.7 Å². The number of fused-ring (bicyclic) bond motifs is 8. The first-order valence-electron chi connectivity index (χ1n) is 16.6. The largest absolute Gasteiger partial charge is 0.457 e. The average Bonchev–Trinajstić information content (AvgIpc) is 3.42. The van der Waals surface area contributed by atoms with Crippen molar-refractivity contribution >= 4 is 32.6 Å². The van der Waals surface area contributed by atoms with Gasteiger partial charge in [-0.3, -0.25) is 9.55 Å². The number of para-hydroxylation sites is 1. The normalized spacial score (nSPS) is 11.8. The second-order valence-electron chi connectivity index (χ2n) is 12.7.